The van der Waals surface area contributed by atoms with Crippen LogP contribution in [-0.2, 0) is 0 Å². The highest BCUT2D eigenvalue weighted by molar-refractivity contribution is 7.80. The number of hydrogen-bond donors (Lipinski definition) is 1. The maximum atomic E-state index is 8.61. The molecule has 1 aromatic rings. The Hall–Kier alpha value is -1.40. The van der Waals surface area contributed by atoms with E-state index in [2.05, 4.69) is 11.4 Å². The van der Waals surface area contributed by atoms with Gasteiger partial charge in [-0.3, -0.25) is 0 Å². The quantitative estimate of drug-likeness (QED) is 0.749. The van der Waals surface area contributed by atoms with Crippen molar-refractivity contribution in [1.82, 2.24) is 0 Å². The van der Waals surface area contributed by atoms with E-state index in [0.29, 0.717) is 11.5 Å². The van der Waals surface area contributed by atoms with Crippen molar-refractivity contribution in [2.45, 2.75) is 12.8 Å². The highest BCUT2D eigenvalue weighted by Crippen LogP contribution is 2.31. The molecule has 0 heterocycles. The Balaban J connectivity index is 2.02. The first kappa shape index (κ1) is 9.17. The molecule has 0 unspecified atom stereocenters. The molecule has 0 radical (unpaired) electrons. The van der Waals surface area contributed by atoms with Crippen LogP contribution in [0.1, 0.15) is 18.4 Å². The van der Waals surface area contributed by atoms with E-state index in [-0.39, 0.29) is 0 Å². The van der Waals surface area contributed by atoms with Crippen molar-refractivity contribution in [3.63, 3.8) is 0 Å². The first-order valence-electron chi connectivity index (χ1n) is 4.60. The average molecular weight is 202 g/mol. The molecule has 70 valence electrons. The monoisotopic (exact) mass is 202 g/mol. The van der Waals surface area contributed by atoms with Gasteiger partial charge in [-0.25, -0.2) is 0 Å². The Morgan fingerprint density at radius 1 is 1.36 bits per heavy atom. The molecular weight excluding hydrogens is 192 g/mol. The fourth-order valence-corrected chi connectivity index (χ4v) is 1.57. The molecule has 1 saturated carbocycles. The molecule has 14 heavy (non-hydrogen) atoms. The Morgan fingerprint density at radius 2 is 2.00 bits per heavy atom. The normalized spacial score (nSPS) is 14.5. The maximum absolute atomic E-state index is 8.61. The summed E-state index contributed by atoms with van der Waals surface area (Å²) in [5.41, 5.74) is 1.65. The van der Waals surface area contributed by atoms with Crippen LogP contribution in [0.3, 0.4) is 0 Å². The van der Waals surface area contributed by atoms with E-state index < -0.39 is 0 Å². The molecule has 1 aliphatic carbocycles. The number of anilines is 1. The lowest BCUT2D eigenvalue weighted by Gasteiger charge is -2.05. The van der Waals surface area contributed by atoms with Gasteiger partial charge in [0, 0.05) is 11.6 Å². The Bertz CT molecular complexity index is 385. The summed E-state index contributed by atoms with van der Waals surface area (Å²) in [6, 6.07) is 9.43. The minimum absolute atomic E-state index is 0.584. The van der Waals surface area contributed by atoms with E-state index in [1.807, 2.05) is 12.1 Å². The van der Waals surface area contributed by atoms with Gasteiger partial charge in [0.1, 0.15) is 0 Å². The summed E-state index contributed by atoms with van der Waals surface area (Å²) >= 11 is 5.21. The third-order valence-electron chi connectivity index (χ3n) is 2.23. The van der Waals surface area contributed by atoms with Crippen molar-refractivity contribution < 1.29 is 0 Å². The molecule has 0 bridgehead atoms. The van der Waals surface area contributed by atoms with Crippen molar-refractivity contribution in [2.24, 2.45) is 5.92 Å². The molecule has 1 fully saturated rings. The van der Waals surface area contributed by atoms with Gasteiger partial charge < -0.3 is 5.32 Å². The van der Waals surface area contributed by atoms with Gasteiger partial charge in [-0.15, -0.1) is 0 Å². The van der Waals surface area contributed by atoms with Crippen LogP contribution >= 0.6 is 12.2 Å². The zero-order valence-corrected chi connectivity index (χ0v) is 8.47. The largest absolute Gasteiger partial charge is 0.350 e. The van der Waals surface area contributed by atoms with Crippen LogP contribution in [0.2, 0.25) is 0 Å². The summed E-state index contributed by atoms with van der Waals surface area (Å²) in [5.74, 6) is 0.584. The molecule has 0 atom stereocenters. The number of nitrogens with one attached hydrogen (secondary N) is 1. The summed E-state index contributed by atoms with van der Waals surface area (Å²) in [5, 5.41) is 11.8. The first-order chi connectivity index (χ1) is 6.79. The zero-order chi connectivity index (χ0) is 9.97. The number of nitrogens with zero attached hydrogens (tertiary/aromatic N) is 1. The van der Waals surface area contributed by atoms with Crippen molar-refractivity contribution in [3.05, 3.63) is 29.8 Å². The van der Waals surface area contributed by atoms with Gasteiger partial charge in [-0.1, -0.05) is 12.2 Å². The lowest BCUT2D eigenvalue weighted by Crippen LogP contribution is -2.10. The van der Waals surface area contributed by atoms with Gasteiger partial charge in [0.15, 0.2) is 0 Å². The Labute approximate surface area is 88.6 Å². The number of rotatable bonds is 2. The van der Waals surface area contributed by atoms with E-state index in [4.69, 9.17) is 17.5 Å². The first-order valence-corrected chi connectivity index (χ1v) is 5.01. The number of nitriles is 1. The molecule has 3 heteroatoms. The van der Waals surface area contributed by atoms with Crippen LogP contribution in [-0.4, -0.2) is 4.99 Å². The molecule has 0 saturated heterocycles. The van der Waals surface area contributed by atoms with E-state index in [1.54, 1.807) is 12.1 Å². The van der Waals surface area contributed by atoms with Crippen LogP contribution in [0.5, 0.6) is 0 Å². The molecule has 1 aliphatic rings. The third-order valence-corrected chi connectivity index (χ3v) is 2.67. The van der Waals surface area contributed by atoms with Crippen molar-refractivity contribution in [3.8, 4) is 6.07 Å². The highest BCUT2D eigenvalue weighted by Gasteiger charge is 2.25. The molecule has 0 aromatic heterocycles. The zero-order valence-electron chi connectivity index (χ0n) is 7.66. The lowest BCUT2D eigenvalue weighted by molar-refractivity contribution is 1.22. The lowest BCUT2D eigenvalue weighted by atomic mass is 10.2. The summed E-state index contributed by atoms with van der Waals surface area (Å²) in [4.78, 5) is 0.926. The Kier molecular flexibility index (Phi) is 2.47. The second kappa shape index (κ2) is 3.77. The molecule has 0 amide bonds. The van der Waals surface area contributed by atoms with Crippen LogP contribution in [0, 0.1) is 17.2 Å². The highest BCUT2D eigenvalue weighted by atomic mass is 32.1. The standard InChI is InChI=1S/C11H10N2S/c12-7-8-1-5-10(6-2-8)13-11(14)9-3-4-9/h1-2,5-6,9H,3-4H2,(H,13,14). The molecule has 2 rings (SSSR count). The second-order valence-electron chi connectivity index (χ2n) is 3.45. The molecule has 0 aliphatic heterocycles. The van der Waals surface area contributed by atoms with E-state index in [1.165, 1.54) is 12.8 Å². The van der Waals surface area contributed by atoms with Crippen molar-refractivity contribution in [2.75, 3.05) is 5.32 Å². The predicted octanol–water partition coefficient (Wildman–Crippen LogP) is 2.71. The predicted molar refractivity (Wildman–Crippen MR) is 60.1 cm³/mol. The average Bonchev–Trinajstić information content (AvgIpc) is 3.02. The minimum atomic E-state index is 0.584. The number of hydrogen-bond acceptors (Lipinski definition) is 2. The summed E-state index contributed by atoms with van der Waals surface area (Å²) in [6.45, 7) is 0. The van der Waals surface area contributed by atoms with E-state index >= 15 is 0 Å². The van der Waals surface area contributed by atoms with Gasteiger partial charge in [-0.2, -0.15) is 5.26 Å². The molecule has 2 nitrogen and oxygen atoms in total. The van der Waals surface area contributed by atoms with Gasteiger partial charge >= 0.3 is 0 Å². The third kappa shape index (κ3) is 2.09. The van der Waals surface area contributed by atoms with E-state index in [9.17, 15) is 0 Å². The topological polar surface area (TPSA) is 35.8 Å². The molecular formula is C11H10N2S. The van der Waals surface area contributed by atoms with Gasteiger partial charge in [-0.05, 0) is 37.1 Å². The van der Waals surface area contributed by atoms with Crippen molar-refractivity contribution in [1.29, 1.82) is 5.26 Å². The van der Waals surface area contributed by atoms with Gasteiger partial charge in [0.05, 0.1) is 16.6 Å². The summed E-state index contributed by atoms with van der Waals surface area (Å²) < 4.78 is 0. The fourth-order valence-electron chi connectivity index (χ4n) is 1.22. The van der Waals surface area contributed by atoms with Crippen molar-refractivity contribution >= 4 is 22.9 Å². The Morgan fingerprint density at radius 3 is 2.50 bits per heavy atom. The minimum Gasteiger partial charge on any atom is -0.350 e. The molecule has 1 aromatic carbocycles. The second-order valence-corrected chi connectivity index (χ2v) is 3.89. The smallest absolute Gasteiger partial charge is 0.0991 e. The van der Waals surface area contributed by atoms with Gasteiger partial charge in [0.25, 0.3) is 0 Å². The van der Waals surface area contributed by atoms with Crippen LogP contribution in [0.15, 0.2) is 24.3 Å². The van der Waals surface area contributed by atoms with E-state index in [0.717, 1.165) is 10.7 Å². The van der Waals surface area contributed by atoms with Crippen LogP contribution in [0.25, 0.3) is 0 Å². The van der Waals surface area contributed by atoms with Crippen LogP contribution in [0.4, 0.5) is 5.69 Å². The van der Waals surface area contributed by atoms with Gasteiger partial charge in [0.2, 0.25) is 0 Å². The number of benzene rings is 1. The molecule has 0 spiro atoms. The summed E-state index contributed by atoms with van der Waals surface area (Å²) in [7, 11) is 0. The fraction of sp³-hybridized carbons (Fsp3) is 0.273. The molecule has 1 N–H and O–H groups in total. The maximum Gasteiger partial charge on any atom is 0.0991 e. The number of thiocarbonyl (C=S) groups is 1. The summed E-state index contributed by atoms with van der Waals surface area (Å²) in [6.07, 6.45) is 2.42. The van der Waals surface area contributed by atoms with Crippen LogP contribution < -0.4 is 5.32 Å². The SMILES string of the molecule is N#Cc1ccc(NC(=S)C2CC2)cc1.